The fourth-order valence-corrected chi connectivity index (χ4v) is 4.35. The maximum absolute atomic E-state index is 13.1. The summed E-state index contributed by atoms with van der Waals surface area (Å²) in [6.07, 6.45) is 4.62. The molecule has 0 saturated carbocycles. The highest BCUT2D eigenvalue weighted by Crippen LogP contribution is 2.33. The van der Waals surface area contributed by atoms with E-state index >= 15 is 0 Å². The predicted molar refractivity (Wildman–Crippen MR) is 133 cm³/mol. The van der Waals surface area contributed by atoms with E-state index < -0.39 is 5.97 Å². The van der Waals surface area contributed by atoms with E-state index in [9.17, 15) is 9.59 Å². The van der Waals surface area contributed by atoms with Crippen molar-refractivity contribution in [1.29, 1.82) is 0 Å². The van der Waals surface area contributed by atoms with Crippen LogP contribution in [-0.2, 0) is 9.53 Å². The molecular weight excluding hydrogens is 430 g/mol. The molecule has 2 aromatic carbocycles. The SMILES string of the molecule is CN(C(=O)c1ccc2c(c1)N=C(CCCCC(=O)O)CCC(c1ccccc1)=N2)C1CCOC1. The van der Waals surface area contributed by atoms with Gasteiger partial charge in [0, 0.05) is 37.1 Å². The molecule has 4 rings (SSSR count). The minimum Gasteiger partial charge on any atom is -0.481 e. The highest BCUT2D eigenvalue weighted by atomic mass is 16.5. The number of carboxylic acids is 1. The quantitative estimate of drug-likeness (QED) is 0.548. The molecule has 2 aliphatic heterocycles. The molecule has 2 aliphatic rings. The molecule has 2 heterocycles. The Morgan fingerprint density at radius 2 is 1.88 bits per heavy atom. The van der Waals surface area contributed by atoms with Crippen LogP contribution in [0, 0.1) is 0 Å². The van der Waals surface area contributed by atoms with Crippen LogP contribution < -0.4 is 0 Å². The zero-order valence-corrected chi connectivity index (χ0v) is 19.6. The van der Waals surface area contributed by atoms with E-state index in [4.69, 9.17) is 19.8 Å². The summed E-state index contributed by atoms with van der Waals surface area (Å²) >= 11 is 0. The number of aliphatic imine (C=N–C) groups is 2. The van der Waals surface area contributed by atoms with Gasteiger partial charge < -0.3 is 14.7 Å². The van der Waals surface area contributed by atoms with Gasteiger partial charge in [0.05, 0.1) is 24.0 Å². The van der Waals surface area contributed by atoms with Crippen LogP contribution in [0.25, 0.3) is 0 Å². The van der Waals surface area contributed by atoms with E-state index in [-0.39, 0.29) is 18.4 Å². The maximum atomic E-state index is 13.1. The molecule has 0 aromatic heterocycles. The average molecular weight is 462 g/mol. The molecular formula is C27H31N3O4. The van der Waals surface area contributed by atoms with Crippen LogP contribution in [0.3, 0.4) is 0 Å². The van der Waals surface area contributed by atoms with Crippen molar-refractivity contribution in [2.24, 2.45) is 9.98 Å². The molecule has 0 bridgehead atoms. The fourth-order valence-electron chi connectivity index (χ4n) is 4.35. The van der Waals surface area contributed by atoms with Crippen molar-refractivity contribution in [3.63, 3.8) is 0 Å². The lowest BCUT2D eigenvalue weighted by Crippen LogP contribution is -2.37. The second-order valence-electron chi connectivity index (χ2n) is 8.84. The van der Waals surface area contributed by atoms with E-state index in [1.165, 1.54) is 0 Å². The number of unbranched alkanes of at least 4 members (excludes halogenated alkanes) is 1. The number of carboxylic acid groups (broad SMARTS) is 1. The van der Waals surface area contributed by atoms with Gasteiger partial charge in [0.25, 0.3) is 5.91 Å². The first kappa shape index (κ1) is 23.8. The van der Waals surface area contributed by atoms with Crippen LogP contribution in [-0.4, -0.2) is 59.6 Å². The molecule has 1 amide bonds. The van der Waals surface area contributed by atoms with Gasteiger partial charge in [-0.15, -0.1) is 0 Å². The van der Waals surface area contributed by atoms with Crippen molar-refractivity contribution >= 4 is 34.7 Å². The minimum atomic E-state index is -0.775. The zero-order valence-electron chi connectivity index (χ0n) is 19.6. The molecule has 1 fully saturated rings. The summed E-state index contributed by atoms with van der Waals surface area (Å²) in [5.41, 5.74) is 5.07. The molecule has 1 saturated heterocycles. The molecule has 1 atom stereocenters. The minimum absolute atomic E-state index is 0.0502. The molecule has 178 valence electrons. The van der Waals surface area contributed by atoms with Gasteiger partial charge >= 0.3 is 5.97 Å². The summed E-state index contributed by atoms with van der Waals surface area (Å²) in [4.78, 5) is 35.6. The number of rotatable bonds is 8. The van der Waals surface area contributed by atoms with Crippen LogP contribution in [0.2, 0.25) is 0 Å². The number of carbonyl (C=O) groups excluding carboxylic acids is 1. The van der Waals surface area contributed by atoms with Crippen molar-refractivity contribution in [2.45, 2.75) is 51.0 Å². The highest BCUT2D eigenvalue weighted by Gasteiger charge is 2.25. The number of likely N-dealkylation sites (N-methyl/N-ethyl adjacent to an activating group) is 1. The number of benzene rings is 2. The third-order valence-electron chi connectivity index (χ3n) is 6.39. The Kier molecular flexibility index (Phi) is 7.85. The summed E-state index contributed by atoms with van der Waals surface area (Å²) in [5, 5.41) is 8.94. The van der Waals surface area contributed by atoms with Crippen molar-refractivity contribution < 1.29 is 19.4 Å². The number of amides is 1. The standard InChI is InChI=1S/C27H31N3O4/c1-30(22-15-16-34-18-22)27(33)20-11-13-24-25(17-20)28-21(9-5-6-10-26(31)32)12-14-23(29-24)19-7-3-2-4-8-19/h2-4,7-8,11,13,17,22H,5-6,9-10,12,14-16,18H2,1H3,(H,31,32). The zero-order chi connectivity index (χ0) is 23.9. The Hall–Kier alpha value is -3.32. The summed E-state index contributed by atoms with van der Waals surface area (Å²) < 4.78 is 5.44. The molecule has 1 N–H and O–H groups in total. The maximum Gasteiger partial charge on any atom is 0.303 e. The third-order valence-corrected chi connectivity index (χ3v) is 6.39. The van der Waals surface area contributed by atoms with Crippen LogP contribution in [0.1, 0.15) is 60.9 Å². The van der Waals surface area contributed by atoms with Gasteiger partial charge in [-0.25, -0.2) is 0 Å². The molecule has 7 nitrogen and oxygen atoms in total. The highest BCUT2D eigenvalue weighted by molar-refractivity contribution is 6.06. The Morgan fingerprint density at radius 3 is 2.62 bits per heavy atom. The number of hydrogen-bond donors (Lipinski definition) is 1. The number of hydrogen-bond acceptors (Lipinski definition) is 5. The molecule has 2 aromatic rings. The molecule has 0 spiro atoms. The van der Waals surface area contributed by atoms with Crippen molar-refractivity contribution in [3.8, 4) is 0 Å². The summed E-state index contributed by atoms with van der Waals surface area (Å²) in [5.74, 6) is -0.825. The van der Waals surface area contributed by atoms with Gasteiger partial charge in [-0.05, 0) is 62.3 Å². The summed E-state index contributed by atoms with van der Waals surface area (Å²) in [6, 6.07) is 15.7. The lowest BCUT2D eigenvalue weighted by atomic mass is 9.99. The first-order valence-corrected chi connectivity index (χ1v) is 11.9. The topological polar surface area (TPSA) is 91.6 Å². The number of fused-ring (bicyclic) bond motifs is 1. The molecule has 0 aliphatic carbocycles. The molecule has 0 radical (unpaired) electrons. The van der Waals surface area contributed by atoms with Crippen LogP contribution in [0.5, 0.6) is 0 Å². The van der Waals surface area contributed by atoms with Crippen molar-refractivity contribution in [3.05, 3.63) is 59.7 Å². The second-order valence-corrected chi connectivity index (χ2v) is 8.84. The van der Waals surface area contributed by atoms with Gasteiger partial charge in [0.2, 0.25) is 0 Å². The Morgan fingerprint density at radius 1 is 1.06 bits per heavy atom. The van der Waals surface area contributed by atoms with E-state index in [0.717, 1.165) is 54.8 Å². The molecule has 7 heteroatoms. The lowest BCUT2D eigenvalue weighted by Gasteiger charge is -2.23. The van der Waals surface area contributed by atoms with Crippen molar-refractivity contribution in [1.82, 2.24) is 4.90 Å². The summed E-state index contributed by atoms with van der Waals surface area (Å²) in [6.45, 7) is 1.25. The first-order valence-electron chi connectivity index (χ1n) is 11.9. The number of ether oxygens (including phenoxy) is 1. The Balaban J connectivity index is 1.63. The Labute approximate surface area is 200 Å². The van der Waals surface area contributed by atoms with Gasteiger partial charge in [0.15, 0.2) is 0 Å². The number of nitrogens with zero attached hydrogens (tertiary/aromatic N) is 3. The average Bonchev–Trinajstić information content (AvgIpc) is 3.37. The van der Waals surface area contributed by atoms with Gasteiger partial charge in [-0.3, -0.25) is 19.6 Å². The predicted octanol–water partition coefficient (Wildman–Crippen LogP) is 5.18. The third kappa shape index (κ3) is 5.97. The van der Waals surface area contributed by atoms with E-state index in [1.807, 2.05) is 43.4 Å². The lowest BCUT2D eigenvalue weighted by molar-refractivity contribution is -0.137. The second kappa shape index (κ2) is 11.2. The molecule has 34 heavy (non-hydrogen) atoms. The normalized spacial score (nSPS) is 17.7. The van der Waals surface area contributed by atoms with Crippen LogP contribution in [0.15, 0.2) is 58.5 Å². The largest absolute Gasteiger partial charge is 0.481 e. The summed E-state index contributed by atoms with van der Waals surface area (Å²) in [7, 11) is 1.82. The van der Waals surface area contributed by atoms with Gasteiger partial charge in [-0.2, -0.15) is 0 Å². The number of aliphatic carboxylic acids is 1. The van der Waals surface area contributed by atoms with E-state index in [2.05, 4.69) is 12.1 Å². The van der Waals surface area contributed by atoms with E-state index in [0.29, 0.717) is 30.9 Å². The van der Waals surface area contributed by atoms with Crippen molar-refractivity contribution in [2.75, 3.05) is 20.3 Å². The van der Waals surface area contributed by atoms with Crippen LogP contribution >= 0.6 is 0 Å². The Bertz CT molecular complexity index is 1090. The fraction of sp³-hybridized carbons (Fsp3) is 0.407. The van der Waals surface area contributed by atoms with Gasteiger partial charge in [-0.1, -0.05) is 30.3 Å². The smallest absolute Gasteiger partial charge is 0.303 e. The van der Waals surface area contributed by atoms with Crippen LogP contribution in [0.4, 0.5) is 11.4 Å². The number of carbonyl (C=O) groups is 2. The molecule has 1 unspecified atom stereocenters. The van der Waals surface area contributed by atoms with E-state index in [1.54, 1.807) is 4.90 Å². The monoisotopic (exact) mass is 461 g/mol. The first-order chi connectivity index (χ1) is 16.5. The van der Waals surface area contributed by atoms with Gasteiger partial charge in [0.1, 0.15) is 0 Å².